The largest absolute Gasteiger partial charge is 0.394 e. The van der Waals surface area contributed by atoms with Crippen molar-refractivity contribution >= 4 is 0 Å². The molecule has 1 fully saturated rings. The highest BCUT2D eigenvalue weighted by Gasteiger charge is 2.19. The number of aliphatic hydroxyl groups excluding tert-OH is 1. The lowest BCUT2D eigenvalue weighted by Gasteiger charge is -2.25. The molecule has 0 aromatic rings. The molecule has 0 aromatic heterocycles. The van der Waals surface area contributed by atoms with E-state index in [1.807, 2.05) is 0 Å². The Morgan fingerprint density at radius 2 is 2.40 bits per heavy atom. The molecule has 0 saturated carbocycles. The van der Waals surface area contributed by atoms with Gasteiger partial charge in [-0.3, -0.25) is 0 Å². The number of ether oxygens (including phenoxy) is 1. The summed E-state index contributed by atoms with van der Waals surface area (Å²) in [4.78, 5) is 0. The molecule has 2 atom stereocenters. The first-order chi connectivity index (χ1) is 4.86. The summed E-state index contributed by atoms with van der Waals surface area (Å²) in [6, 6.07) is 0. The summed E-state index contributed by atoms with van der Waals surface area (Å²) in [7, 11) is 0. The van der Waals surface area contributed by atoms with Gasteiger partial charge in [-0.15, -0.1) is 6.42 Å². The maximum absolute atomic E-state index is 8.71. The van der Waals surface area contributed by atoms with Crippen molar-refractivity contribution in [1.29, 1.82) is 0 Å². The van der Waals surface area contributed by atoms with E-state index >= 15 is 0 Å². The Labute approximate surface area is 61.2 Å². The van der Waals surface area contributed by atoms with Crippen LogP contribution >= 0.6 is 0 Å². The second-order valence-electron chi connectivity index (χ2n) is 2.53. The number of aliphatic hydroxyl groups is 1. The Hall–Kier alpha value is -0.520. The van der Waals surface area contributed by atoms with Gasteiger partial charge in [-0.1, -0.05) is 5.92 Å². The first kappa shape index (κ1) is 7.59. The van der Waals surface area contributed by atoms with Gasteiger partial charge in [-0.2, -0.15) is 0 Å². The molecule has 1 saturated heterocycles. The number of terminal acetylenes is 1. The molecule has 2 unspecified atom stereocenters. The van der Waals surface area contributed by atoms with Crippen molar-refractivity contribution in [3.8, 4) is 12.3 Å². The summed E-state index contributed by atoms with van der Waals surface area (Å²) in [5.74, 6) is 2.53. The van der Waals surface area contributed by atoms with Crippen molar-refractivity contribution in [1.82, 2.24) is 0 Å². The lowest BCUT2D eigenvalue weighted by atomic mass is 10.1. The lowest BCUT2D eigenvalue weighted by molar-refractivity contribution is -0.0469. The van der Waals surface area contributed by atoms with Crippen LogP contribution in [-0.2, 0) is 4.74 Å². The molecule has 1 aliphatic rings. The van der Waals surface area contributed by atoms with Crippen LogP contribution in [0.15, 0.2) is 0 Å². The van der Waals surface area contributed by atoms with Crippen LogP contribution in [0, 0.1) is 12.3 Å². The van der Waals surface area contributed by atoms with Gasteiger partial charge in [-0.05, 0) is 19.3 Å². The zero-order valence-corrected chi connectivity index (χ0v) is 5.92. The van der Waals surface area contributed by atoms with E-state index in [-0.39, 0.29) is 18.8 Å². The number of hydrogen-bond donors (Lipinski definition) is 1. The molecule has 2 heteroatoms. The fraction of sp³-hybridized carbons (Fsp3) is 0.750. The normalized spacial score (nSPS) is 33.2. The SMILES string of the molecule is C#CC1CCCC(CO)O1. The van der Waals surface area contributed by atoms with E-state index < -0.39 is 0 Å². The van der Waals surface area contributed by atoms with Crippen LogP contribution < -0.4 is 0 Å². The summed E-state index contributed by atoms with van der Waals surface area (Å²) >= 11 is 0. The molecule has 10 heavy (non-hydrogen) atoms. The molecule has 0 bridgehead atoms. The van der Waals surface area contributed by atoms with Gasteiger partial charge >= 0.3 is 0 Å². The second-order valence-corrected chi connectivity index (χ2v) is 2.53. The Bertz CT molecular complexity index is 137. The predicted molar refractivity (Wildman–Crippen MR) is 38.4 cm³/mol. The van der Waals surface area contributed by atoms with Gasteiger partial charge in [-0.25, -0.2) is 0 Å². The smallest absolute Gasteiger partial charge is 0.118 e. The van der Waals surface area contributed by atoms with E-state index in [9.17, 15) is 0 Å². The zero-order valence-electron chi connectivity index (χ0n) is 5.92. The predicted octanol–water partition coefficient (Wildman–Crippen LogP) is 0.550. The molecular formula is C8H12O2. The standard InChI is InChI=1S/C8H12O2/c1-2-7-4-3-5-8(6-9)10-7/h1,7-9H,3-6H2. The average molecular weight is 140 g/mol. The highest BCUT2D eigenvalue weighted by molar-refractivity contribution is 4.96. The van der Waals surface area contributed by atoms with Gasteiger partial charge in [0.05, 0.1) is 12.7 Å². The molecule has 1 rings (SSSR count). The Balaban J connectivity index is 2.33. The van der Waals surface area contributed by atoms with Gasteiger partial charge in [0, 0.05) is 0 Å². The minimum Gasteiger partial charge on any atom is -0.394 e. The number of rotatable bonds is 1. The molecule has 1 N–H and O–H groups in total. The number of hydrogen-bond acceptors (Lipinski definition) is 2. The second kappa shape index (κ2) is 3.60. The van der Waals surface area contributed by atoms with Crippen LogP contribution in [-0.4, -0.2) is 23.9 Å². The van der Waals surface area contributed by atoms with E-state index in [4.69, 9.17) is 16.3 Å². The molecule has 2 nitrogen and oxygen atoms in total. The maximum Gasteiger partial charge on any atom is 0.118 e. The maximum atomic E-state index is 8.71. The topological polar surface area (TPSA) is 29.5 Å². The molecule has 0 amide bonds. The fourth-order valence-electron chi connectivity index (χ4n) is 1.16. The van der Waals surface area contributed by atoms with Crippen molar-refractivity contribution in [3.05, 3.63) is 0 Å². The van der Waals surface area contributed by atoms with Crippen molar-refractivity contribution in [2.24, 2.45) is 0 Å². The first-order valence-corrected chi connectivity index (χ1v) is 3.59. The van der Waals surface area contributed by atoms with Crippen molar-refractivity contribution in [3.63, 3.8) is 0 Å². The summed E-state index contributed by atoms with van der Waals surface area (Å²) in [6.07, 6.45) is 8.03. The van der Waals surface area contributed by atoms with Crippen molar-refractivity contribution in [2.75, 3.05) is 6.61 Å². The van der Waals surface area contributed by atoms with E-state index in [2.05, 4.69) is 5.92 Å². The molecule has 0 spiro atoms. The Morgan fingerprint density at radius 1 is 1.60 bits per heavy atom. The minimum absolute atomic E-state index is 0.0187. The van der Waals surface area contributed by atoms with Crippen LogP contribution in [0.5, 0.6) is 0 Å². The lowest BCUT2D eigenvalue weighted by Crippen LogP contribution is -2.28. The highest BCUT2D eigenvalue weighted by Crippen LogP contribution is 2.17. The van der Waals surface area contributed by atoms with Gasteiger partial charge in [0.1, 0.15) is 6.10 Å². The monoisotopic (exact) mass is 140 g/mol. The fourth-order valence-corrected chi connectivity index (χ4v) is 1.16. The highest BCUT2D eigenvalue weighted by atomic mass is 16.5. The van der Waals surface area contributed by atoms with Gasteiger partial charge in [0.25, 0.3) is 0 Å². The summed E-state index contributed by atoms with van der Waals surface area (Å²) < 4.78 is 5.30. The van der Waals surface area contributed by atoms with Crippen molar-refractivity contribution in [2.45, 2.75) is 31.5 Å². The quantitative estimate of drug-likeness (QED) is 0.539. The van der Waals surface area contributed by atoms with E-state index in [1.54, 1.807) is 0 Å². The summed E-state index contributed by atoms with van der Waals surface area (Å²) in [6.45, 7) is 0.0954. The van der Waals surface area contributed by atoms with E-state index in [0.717, 1.165) is 19.3 Å². The third-order valence-electron chi connectivity index (χ3n) is 1.74. The van der Waals surface area contributed by atoms with Gasteiger partial charge in [0.15, 0.2) is 0 Å². The van der Waals surface area contributed by atoms with Crippen LogP contribution in [0.4, 0.5) is 0 Å². The Morgan fingerprint density at radius 3 is 3.00 bits per heavy atom. The van der Waals surface area contributed by atoms with Crippen LogP contribution in [0.25, 0.3) is 0 Å². The van der Waals surface area contributed by atoms with E-state index in [1.165, 1.54) is 0 Å². The van der Waals surface area contributed by atoms with Gasteiger partial charge < -0.3 is 9.84 Å². The molecular weight excluding hydrogens is 128 g/mol. The molecule has 1 aliphatic heterocycles. The Kier molecular flexibility index (Phi) is 2.73. The van der Waals surface area contributed by atoms with E-state index in [0.29, 0.717) is 0 Å². The van der Waals surface area contributed by atoms with Crippen LogP contribution in [0.2, 0.25) is 0 Å². The molecule has 0 aliphatic carbocycles. The molecule has 56 valence electrons. The van der Waals surface area contributed by atoms with Crippen molar-refractivity contribution < 1.29 is 9.84 Å². The minimum atomic E-state index is -0.0640. The molecule has 0 aromatic carbocycles. The van der Waals surface area contributed by atoms with Gasteiger partial charge in [0.2, 0.25) is 0 Å². The summed E-state index contributed by atoms with van der Waals surface area (Å²) in [5, 5.41) is 8.71. The van der Waals surface area contributed by atoms with Crippen LogP contribution in [0.1, 0.15) is 19.3 Å². The third-order valence-corrected chi connectivity index (χ3v) is 1.74. The first-order valence-electron chi connectivity index (χ1n) is 3.59. The average Bonchev–Trinajstić information content (AvgIpc) is 2.05. The zero-order chi connectivity index (χ0) is 7.40. The molecule has 0 radical (unpaired) electrons. The van der Waals surface area contributed by atoms with Crippen LogP contribution in [0.3, 0.4) is 0 Å². The summed E-state index contributed by atoms with van der Waals surface area (Å²) in [5.41, 5.74) is 0. The third kappa shape index (κ3) is 1.73. The molecule has 1 heterocycles.